The van der Waals surface area contributed by atoms with E-state index in [1.165, 1.54) is 12.1 Å². The molecule has 21 heavy (non-hydrogen) atoms. The van der Waals surface area contributed by atoms with E-state index in [1.807, 2.05) is 0 Å². The summed E-state index contributed by atoms with van der Waals surface area (Å²) in [5, 5.41) is -1.06. The maximum atomic E-state index is 12.7. The van der Waals surface area contributed by atoms with Crippen molar-refractivity contribution in [3.05, 3.63) is 35.4 Å². The molecule has 0 saturated carbocycles. The van der Waals surface area contributed by atoms with Gasteiger partial charge in [-0.3, -0.25) is 4.79 Å². The molecule has 1 heterocycles. The van der Waals surface area contributed by atoms with Crippen molar-refractivity contribution in [2.45, 2.75) is 37.2 Å². The highest BCUT2D eigenvalue weighted by molar-refractivity contribution is 6.30. The molecule has 1 saturated heterocycles. The molecule has 0 radical (unpaired) electrons. The van der Waals surface area contributed by atoms with Crippen LogP contribution in [0.5, 0.6) is 0 Å². The molecule has 1 fully saturated rings. The van der Waals surface area contributed by atoms with Gasteiger partial charge in [-0.05, 0) is 30.5 Å². The molecular weight excluding hydrogens is 303 g/mol. The predicted molar refractivity (Wildman–Crippen MR) is 75.1 cm³/mol. The number of carbonyl (C=O) groups excluding carboxylic acids is 1. The molecule has 1 atom stereocenters. The molecule has 0 N–H and O–H groups in total. The van der Waals surface area contributed by atoms with E-state index in [0.29, 0.717) is 13.1 Å². The highest BCUT2D eigenvalue weighted by atomic mass is 35.5. The number of likely N-dealkylation sites (tertiary alicyclic amines) is 1. The van der Waals surface area contributed by atoms with Gasteiger partial charge in [0.1, 0.15) is 5.38 Å². The molecule has 2 rings (SSSR count). The van der Waals surface area contributed by atoms with Crippen molar-refractivity contribution in [3.8, 4) is 0 Å². The van der Waals surface area contributed by atoms with Gasteiger partial charge < -0.3 is 4.90 Å². The van der Waals surface area contributed by atoms with Crippen LogP contribution in [0.3, 0.4) is 0 Å². The van der Waals surface area contributed by atoms with Crippen molar-refractivity contribution >= 4 is 17.5 Å². The van der Waals surface area contributed by atoms with Gasteiger partial charge in [-0.1, -0.05) is 25.0 Å². The molecule has 0 bridgehead atoms. The van der Waals surface area contributed by atoms with Crippen molar-refractivity contribution in [1.29, 1.82) is 0 Å². The van der Waals surface area contributed by atoms with E-state index < -0.39 is 17.1 Å². The van der Waals surface area contributed by atoms with Crippen LogP contribution in [-0.4, -0.2) is 23.9 Å². The van der Waals surface area contributed by atoms with Gasteiger partial charge in [0.2, 0.25) is 5.91 Å². The zero-order valence-corrected chi connectivity index (χ0v) is 12.3. The molecule has 1 unspecified atom stereocenters. The van der Waals surface area contributed by atoms with Crippen molar-refractivity contribution < 1.29 is 18.0 Å². The second-order valence-electron chi connectivity index (χ2n) is 5.23. The third-order valence-corrected chi connectivity index (χ3v) is 4.08. The Balaban J connectivity index is 2.15. The molecule has 1 aromatic rings. The van der Waals surface area contributed by atoms with E-state index in [0.717, 1.165) is 37.8 Å². The monoisotopic (exact) mass is 319 g/mol. The van der Waals surface area contributed by atoms with Gasteiger partial charge in [-0.25, -0.2) is 0 Å². The number of alkyl halides is 4. The van der Waals surface area contributed by atoms with Gasteiger partial charge in [-0.2, -0.15) is 13.2 Å². The van der Waals surface area contributed by atoms with Gasteiger partial charge in [0.25, 0.3) is 0 Å². The van der Waals surface area contributed by atoms with Crippen LogP contribution in [0.2, 0.25) is 0 Å². The van der Waals surface area contributed by atoms with Crippen LogP contribution in [0.4, 0.5) is 13.2 Å². The number of amides is 1. The standard InChI is InChI=1S/C15H17ClF3NO/c16-13(14(21)20-8-3-1-2-4-9-20)11-6-5-7-12(10-11)15(17,18)19/h5-7,10,13H,1-4,8-9H2. The second kappa shape index (κ2) is 6.69. The Hall–Kier alpha value is -1.23. The molecule has 1 amide bonds. The number of halogens is 4. The molecule has 0 aliphatic carbocycles. The van der Waals surface area contributed by atoms with Crippen LogP contribution >= 0.6 is 11.6 Å². The topological polar surface area (TPSA) is 20.3 Å². The normalized spacial score (nSPS) is 18.2. The van der Waals surface area contributed by atoms with E-state index in [1.54, 1.807) is 4.90 Å². The van der Waals surface area contributed by atoms with Crippen LogP contribution in [0.25, 0.3) is 0 Å². The Labute approximate surface area is 126 Å². The van der Waals surface area contributed by atoms with Gasteiger partial charge in [0, 0.05) is 13.1 Å². The SMILES string of the molecule is O=C(C(Cl)c1cccc(C(F)(F)F)c1)N1CCCCCC1. The van der Waals surface area contributed by atoms with Gasteiger partial charge in [0.15, 0.2) is 0 Å². The van der Waals surface area contributed by atoms with Crippen molar-refractivity contribution in [3.63, 3.8) is 0 Å². The highest BCUT2D eigenvalue weighted by Crippen LogP contribution is 2.32. The van der Waals surface area contributed by atoms with Crippen molar-refractivity contribution in [2.75, 3.05) is 13.1 Å². The number of hydrogen-bond acceptors (Lipinski definition) is 1. The molecule has 0 spiro atoms. The zero-order valence-electron chi connectivity index (χ0n) is 11.5. The number of nitrogens with zero attached hydrogens (tertiary/aromatic N) is 1. The van der Waals surface area contributed by atoms with Crippen LogP contribution in [0, 0.1) is 0 Å². The summed E-state index contributed by atoms with van der Waals surface area (Å²) in [6.45, 7) is 1.25. The molecule has 1 aliphatic rings. The number of benzene rings is 1. The quantitative estimate of drug-likeness (QED) is 0.740. The van der Waals surface area contributed by atoms with E-state index in [9.17, 15) is 18.0 Å². The number of rotatable bonds is 2. The molecular formula is C15H17ClF3NO. The minimum atomic E-state index is -4.43. The molecule has 116 valence electrons. The van der Waals surface area contributed by atoms with E-state index in [-0.39, 0.29) is 11.5 Å². The Bertz CT molecular complexity index is 496. The maximum absolute atomic E-state index is 12.7. The third kappa shape index (κ3) is 4.13. The van der Waals surface area contributed by atoms with Crippen LogP contribution in [0.15, 0.2) is 24.3 Å². The summed E-state index contributed by atoms with van der Waals surface area (Å²) < 4.78 is 38.1. The summed E-state index contributed by atoms with van der Waals surface area (Å²) in [5.74, 6) is -0.308. The minimum absolute atomic E-state index is 0.195. The Kier molecular flexibility index (Phi) is 5.14. The summed E-state index contributed by atoms with van der Waals surface area (Å²) in [6, 6.07) is 4.67. The third-order valence-electron chi connectivity index (χ3n) is 3.64. The summed E-state index contributed by atoms with van der Waals surface area (Å²) >= 11 is 6.11. The number of carbonyl (C=O) groups is 1. The van der Waals surface area contributed by atoms with Crippen LogP contribution in [-0.2, 0) is 11.0 Å². The first kappa shape index (κ1) is 16.1. The maximum Gasteiger partial charge on any atom is 0.416 e. The Morgan fingerprint density at radius 3 is 2.33 bits per heavy atom. The number of hydrogen-bond donors (Lipinski definition) is 0. The van der Waals surface area contributed by atoms with Crippen molar-refractivity contribution in [1.82, 2.24) is 4.90 Å². The lowest BCUT2D eigenvalue weighted by atomic mass is 10.1. The summed E-state index contributed by atoms with van der Waals surface area (Å²) in [6.07, 6.45) is -0.464. The largest absolute Gasteiger partial charge is 0.416 e. The lowest BCUT2D eigenvalue weighted by Gasteiger charge is -2.23. The van der Waals surface area contributed by atoms with E-state index >= 15 is 0 Å². The first-order chi connectivity index (χ1) is 9.89. The Morgan fingerprint density at radius 1 is 1.14 bits per heavy atom. The fourth-order valence-electron chi connectivity index (χ4n) is 2.47. The molecule has 1 aromatic carbocycles. The summed E-state index contributed by atoms with van der Waals surface area (Å²) in [4.78, 5) is 14.0. The summed E-state index contributed by atoms with van der Waals surface area (Å²) in [5.41, 5.74) is -0.588. The zero-order chi connectivity index (χ0) is 15.5. The fraction of sp³-hybridized carbons (Fsp3) is 0.533. The first-order valence-corrected chi connectivity index (χ1v) is 7.43. The summed E-state index contributed by atoms with van der Waals surface area (Å²) in [7, 11) is 0. The van der Waals surface area contributed by atoms with E-state index in [2.05, 4.69) is 0 Å². The van der Waals surface area contributed by atoms with Gasteiger partial charge in [-0.15, -0.1) is 11.6 Å². The second-order valence-corrected chi connectivity index (χ2v) is 5.66. The van der Waals surface area contributed by atoms with Crippen LogP contribution in [0.1, 0.15) is 42.2 Å². The minimum Gasteiger partial charge on any atom is -0.341 e. The lowest BCUT2D eigenvalue weighted by molar-refractivity contribution is -0.138. The van der Waals surface area contributed by atoms with Gasteiger partial charge >= 0.3 is 6.18 Å². The van der Waals surface area contributed by atoms with E-state index in [4.69, 9.17) is 11.6 Å². The van der Waals surface area contributed by atoms with Gasteiger partial charge in [0.05, 0.1) is 5.56 Å². The first-order valence-electron chi connectivity index (χ1n) is 6.99. The fourth-order valence-corrected chi connectivity index (χ4v) is 2.74. The van der Waals surface area contributed by atoms with Crippen LogP contribution < -0.4 is 0 Å². The highest BCUT2D eigenvalue weighted by Gasteiger charge is 2.32. The average molecular weight is 320 g/mol. The average Bonchev–Trinajstić information content (AvgIpc) is 2.74. The predicted octanol–water partition coefficient (Wildman–Crippen LogP) is 4.39. The molecule has 6 heteroatoms. The Morgan fingerprint density at radius 2 is 1.76 bits per heavy atom. The molecule has 0 aromatic heterocycles. The lowest BCUT2D eigenvalue weighted by Crippen LogP contribution is -2.34. The van der Waals surface area contributed by atoms with Crippen molar-refractivity contribution in [2.24, 2.45) is 0 Å². The smallest absolute Gasteiger partial charge is 0.341 e. The molecule has 1 aliphatic heterocycles. The molecule has 2 nitrogen and oxygen atoms in total.